The molecule has 1 heterocycles. The lowest BCUT2D eigenvalue weighted by Gasteiger charge is -2.38. The first-order valence-electron chi connectivity index (χ1n) is 11.7. The van der Waals surface area contributed by atoms with Crippen LogP contribution in [0.4, 0.5) is 8.78 Å². The number of rotatable bonds is 5. The topological polar surface area (TPSA) is 18.5 Å². The molecular formula is C25H36F2O2. The summed E-state index contributed by atoms with van der Waals surface area (Å²) in [6, 6.07) is 0. The molecule has 1 saturated heterocycles. The SMILES string of the molecule is C=CC1COC(C2C=C(F)C(C3CCC(C4CCC(CF)CC4)CC3)=CC2)OC1. The molecule has 162 valence electrons. The van der Waals surface area contributed by atoms with Crippen LogP contribution in [0.1, 0.15) is 57.8 Å². The van der Waals surface area contributed by atoms with E-state index < -0.39 is 0 Å². The Bertz CT molecular complexity index is 604. The highest BCUT2D eigenvalue weighted by atomic mass is 19.1. The number of ether oxygens (including phenoxy) is 2. The third-order valence-corrected chi connectivity index (χ3v) is 7.87. The first-order chi connectivity index (χ1) is 14.2. The van der Waals surface area contributed by atoms with Crippen molar-refractivity contribution in [3.05, 3.63) is 36.2 Å². The molecule has 1 unspecified atom stereocenters. The van der Waals surface area contributed by atoms with Crippen molar-refractivity contribution < 1.29 is 18.3 Å². The van der Waals surface area contributed by atoms with Crippen molar-refractivity contribution in [3.63, 3.8) is 0 Å². The highest BCUT2D eigenvalue weighted by Gasteiger charge is 2.35. The molecule has 4 heteroatoms. The maximum Gasteiger partial charge on any atom is 0.164 e. The predicted molar refractivity (Wildman–Crippen MR) is 112 cm³/mol. The van der Waals surface area contributed by atoms with Gasteiger partial charge in [0.1, 0.15) is 5.83 Å². The molecule has 4 aliphatic rings. The molecule has 0 aromatic rings. The lowest BCUT2D eigenvalue weighted by atomic mass is 9.68. The molecule has 2 nitrogen and oxygen atoms in total. The van der Waals surface area contributed by atoms with E-state index in [4.69, 9.17) is 9.47 Å². The molecule has 2 saturated carbocycles. The van der Waals surface area contributed by atoms with Crippen LogP contribution in [0.5, 0.6) is 0 Å². The summed E-state index contributed by atoms with van der Waals surface area (Å²) in [6.07, 6.45) is 15.2. The van der Waals surface area contributed by atoms with Crippen LogP contribution in [0.25, 0.3) is 0 Å². The molecule has 0 bridgehead atoms. The molecule has 0 N–H and O–H groups in total. The van der Waals surface area contributed by atoms with Crippen molar-refractivity contribution >= 4 is 0 Å². The Balaban J connectivity index is 1.26. The van der Waals surface area contributed by atoms with Crippen molar-refractivity contribution in [1.82, 2.24) is 0 Å². The van der Waals surface area contributed by atoms with E-state index in [1.54, 1.807) is 6.08 Å². The van der Waals surface area contributed by atoms with Crippen molar-refractivity contribution in [2.75, 3.05) is 19.9 Å². The molecule has 4 rings (SSSR count). The fourth-order valence-corrected chi connectivity index (χ4v) is 5.90. The van der Waals surface area contributed by atoms with E-state index in [1.807, 2.05) is 6.08 Å². The first kappa shape index (κ1) is 21.2. The Labute approximate surface area is 174 Å². The molecule has 1 aliphatic heterocycles. The molecule has 3 aliphatic carbocycles. The molecule has 0 amide bonds. The zero-order chi connectivity index (χ0) is 20.2. The minimum absolute atomic E-state index is 0.0356. The fourth-order valence-electron chi connectivity index (χ4n) is 5.90. The van der Waals surface area contributed by atoms with Crippen LogP contribution in [0.15, 0.2) is 36.2 Å². The molecule has 0 radical (unpaired) electrons. The maximum absolute atomic E-state index is 14.9. The Kier molecular flexibility index (Phi) is 7.23. The van der Waals surface area contributed by atoms with Crippen molar-refractivity contribution in [1.29, 1.82) is 0 Å². The summed E-state index contributed by atoms with van der Waals surface area (Å²) in [5.41, 5.74) is 0.917. The quantitative estimate of drug-likeness (QED) is 0.482. The van der Waals surface area contributed by atoms with Gasteiger partial charge in [-0.05, 0) is 93.1 Å². The van der Waals surface area contributed by atoms with E-state index in [1.165, 1.54) is 25.7 Å². The van der Waals surface area contributed by atoms with Gasteiger partial charge in [0, 0.05) is 11.8 Å². The zero-order valence-corrected chi connectivity index (χ0v) is 17.5. The van der Waals surface area contributed by atoms with Crippen LogP contribution in [0.3, 0.4) is 0 Å². The molecule has 0 aromatic heterocycles. The second-order valence-corrected chi connectivity index (χ2v) is 9.65. The molecule has 1 atom stereocenters. The van der Waals surface area contributed by atoms with Crippen LogP contribution in [-0.4, -0.2) is 26.2 Å². The van der Waals surface area contributed by atoms with Crippen LogP contribution in [0, 0.1) is 35.5 Å². The van der Waals surface area contributed by atoms with Gasteiger partial charge in [-0.1, -0.05) is 12.2 Å². The number of halogens is 2. The van der Waals surface area contributed by atoms with E-state index in [0.29, 0.717) is 25.0 Å². The van der Waals surface area contributed by atoms with E-state index in [9.17, 15) is 8.78 Å². The van der Waals surface area contributed by atoms with Crippen LogP contribution < -0.4 is 0 Å². The van der Waals surface area contributed by atoms with E-state index in [2.05, 4.69) is 12.7 Å². The summed E-state index contributed by atoms with van der Waals surface area (Å²) in [5.74, 6) is 2.32. The number of hydrogen-bond acceptors (Lipinski definition) is 2. The van der Waals surface area contributed by atoms with Crippen molar-refractivity contribution in [3.8, 4) is 0 Å². The van der Waals surface area contributed by atoms with Gasteiger partial charge in [0.2, 0.25) is 0 Å². The van der Waals surface area contributed by atoms with Gasteiger partial charge in [0.25, 0.3) is 0 Å². The van der Waals surface area contributed by atoms with Crippen LogP contribution in [0.2, 0.25) is 0 Å². The lowest BCUT2D eigenvalue weighted by Crippen LogP contribution is -2.36. The minimum atomic E-state index is -0.343. The number of hydrogen-bond donors (Lipinski definition) is 0. The van der Waals surface area contributed by atoms with Crippen molar-refractivity contribution in [2.45, 2.75) is 64.1 Å². The molecule has 0 aromatic carbocycles. The van der Waals surface area contributed by atoms with Gasteiger partial charge < -0.3 is 9.47 Å². The third kappa shape index (κ3) is 5.02. The molecule has 0 spiro atoms. The maximum atomic E-state index is 14.9. The predicted octanol–water partition coefficient (Wildman–Crippen LogP) is 6.54. The van der Waals surface area contributed by atoms with Gasteiger partial charge >= 0.3 is 0 Å². The summed E-state index contributed by atoms with van der Waals surface area (Å²) in [6.45, 7) is 4.84. The molecule has 3 fully saturated rings. The van der Waals surface area contributed by atoms with Gasteiger partial charge in [0.15, 0.2) is 6.29 Å². The lowest BCUT2D eigenvalue weighted by molar-refractivity contribution is -0.210. The molecule has 29 heavy (non-hydrogen) atoms. The Morgan fingerprint density at radius 2 is 1.59 bits per heavy atom. The standard InChI is InChI=1S/C25H36F2O2/c1-2-17-15-28-25(29-16-17)22-11-12-23(24(27)13-22)21-9-7-20(8-10-21)19-5-3-18(14-26)4-6-19/h2,12-13,17-22,25H,1,3-11,14-16H2. The summed E-state index contributed by atoms with van der Waals surface area (Å²) in [5, 5.41) is 0. The summed E-state index contributed by atoms with van der Waals surface area (Å²) in [4.78, 5) is 0. The fraction of sp³-hybridized carbons (Fsp3) is 0.760. The van der Waals surface area contributed by atoms with Gasteiger partial charge in [-0.25, -0.2) is 4.39 Å². The summed E-state index contributed by atoms with van der Waals surface area (Å²) >= 11 is 0. The third-order valence-electron chi connectivity index (χ3n) is 7.87. The van der Waals surface area contributed by atoms with Gasteiger partial charge in [-0.3, -0.25) is 4.39 Å². The highest BCUT2D eigenvalue weighted by molar-refractivity contribution is 5.32. The van der Waals surface area contributed by atoms with E-state index >= 15 is 0 Å². The minimum Gasteiger partial charge on any atom is -0.351 e. The van der Waals surface area contributed by atoms with E-state index in [-0.39, 0.29) is 30.6 Å². The second kappa shape index (κ2) is 9.87. The van der Waals surface area contributed by atoms with Crippen LogP contribution >= 0.6 is 0 Å². The first-order valence-corrected chi connectivity index (χ1v) is 11.7. The summed E-state index contributed by atoms with van der Waals surface area (Å²) in [7, 11) is 0. The Morgan fingerprint density at radius 3 is 2.14 bits per heavy atom. The largest absolute Gasteiger partial charge is 0.351 e. The number of alkyl halides is 1. The summed E-state index contributed by atoms with van der Waals surface area (Å²) < 4.78 is 39.4. The van der Waals surface area contributed by atoms with Gasteiger partial charge in [-0.15, -0.1) is 6.58 Å². The smallest absolute Gasteiger partial charge is 0.164 e. The normalized spacial score (nSPS) is 41.4. The van der Waals surface area contributed by atoms with Crippen molar-refractivity contribution in [2.24, 2.45) is 35.5 Å². The van der Waals surface area contributed by atoms with Gasteiger partial charge in [-0.2, -0.15) is 0 Å². The van der Waals surface area contributed by atoms with Gasteiger partial charge in [0.05, 0.1) is 19.9 Å². The Hall–Kier alpha value is -1.00. The average molecular weight is 407 g/mol. The van der Waals surface area contributed by atoms with E-state index in [0.717, 1.165) is 49.5 Å². The number of allylic oxidation sites excluding steroid dienone is 3. The highest BCUT2D eigenvalue weighted by Crippen LogP contribution is 2.45. The zero-order valence-electron chi connectivity index (χ0n) is 17.5. The monoisotopic (exact) mass is 406 g/mol. The Morgan fingerprint density at radius 1 is 0.966 bits per heavy atom. The molecular weight excluding hydrogens is 370 g/mol. The average Bonchev–Trinajstić information content (AvgIpc) is 2.79. The van der Waals surface area contributed by atoms with Crippen LogP contribution in [-0.2, 0) is 9.47 Å². The second-order valence-electron chi connectivity index (χ2n) is 9.65.